The molecular weight excluding hydrogens is 258 g/mol. The van der Waals surface area contributed by atoms with Crippen molar-refractivity contribution in [1.29, 1.82) is 0 Å². The Morgan fingerprint density at radius 2 is 1.89 bits per heavy atom. The highest BCUT2D eigenvalue weighted by Gasteiger charge is 2.09. The predicted molar refractivity (Wildman–Crippen MR) is 79.4 cm³/mol. The van der Waals surface area contributed by atoms with Crippen LogP contribution in [0.2, 0.25) is 5.02 Å². The average Bonchev–Trinajstić information content (AvgIpc) is 2.71. The van der Waals surface area contributed by atoms with Crippen LogP contribution >= 0.6 is 11.6 Å². The van der Waals surface area contributed by atoms with Crippen LogP contribution in [0.15, 0.2) is 42.5 Å². The van der Waals surface area contributed by atoms with Gasteiger partial charge in [0.2, 0.25) is 0 Å². The summed E-state index contributed by atoms with van der Waals surface area (Å²) in [5.74, 6) is 0.961. The predicted octanol–water partition coefficient (Wildman–Crippen LogP) is 3.63. The fraction of sp³-hybridized carbons (Fsp3) is 0.133. The molecule has 0 aliphatic rings. The number of nitrogens with zero attached hydrogens (tertiary/aromatic N) is 2. The van der Waals surface area contributed by atoms with Crippen LogP contribution in [0.3, 0.4) is 0 Å². The average molecular weight is 272 g/mol. The van der Waals surface area contributed by atoms with Crippen LogP contribution in [0.5, 0.6) is 0 Å². The standard InChI is InChI=1S/C15H14ClN3/c1-10-18-15-13(17)3-2-4-14(15)19(10)9-11-5-7-12(16)8-6-11/h2-8H,9,17H2,1H3. The van der Waals surface area contributed by atoms with Gasteiger partial charge in [0.1, 0.15) is 11.3 Å². The van der Waals surface area contributed by atoms with Crippen LogP contribution in [0, 0.1) is 6.92 Å². The Bertz CT molecular complexity index is 729. The second-order valence-electron chi connectivity index (χ2n) is 4.59. The molecule has 0 saturated carbocycles. The number of nitrogens with two attached hydrogens (primary N) is 1. The maximum atomic E-state index is 5.96. The van der Waals surface area contributed by atoms with Crippen molar-refractivity contribution < 1.29 is 0 Å². The summed E-state index contributed by atoms with van der Waals surface area (Å²) < 4.78 is 2.16. The largest absolute Gasteiger partial charge is 0.397 e. The van der Waals surface area contributed by atoms with E-state index in [9.17, 15) is 0 Å². The van der Waals surface area contributed by atoms with Gasteiger partial charge in [0.15, 0.2) is 0 Å². The van der Waals surface area contributed by atoms with E-state index in [4.69, 9.17) is 17.3 Å². The van der Waals surface area contributed by atoms with Crippen LogP contribution < -0.4 is 5.73 Å². The maximum absolute atomic E-state index is 5.96. The lowest BCUT2D eigenvalue weighted by Gasteiger charge is -2.07. The van der Waals surface area contributed by atoms with E-state index >= 15 is 0 Å². The third kappa shape index (κ3) is 2.17. The quantitative estimate of drug-likeness (QED) is 0.724. The molecule has 2 aromatic carbocycles. The number of hydrogen-bond acceptors (Lipinski definition) is 2. The van der Waals surface area contributed by atoms with E-state index < -0.39 is 0 Å². The summed E-state index contributed by atoms with van der Waals surface area (Å²) >= 11 is 5.90. The molecule has 0 fully saturated rings. The van der Waals surface area contributed by atoms with Crippen LogP contribution in [0.25, 0.3) is 11.0 Å². The molecule has 0 unspecified atom stereocenters. The van der Waals surface area contributed by atoms with E-state index in [1.165, 1.54) is 5.56 Å². The van der Waals surface area contributed by atoms with Gasteiger partial charge in [0.05, 0.1) is 11.2 Å². The van der Waals surface area contributed by atoms with Gasteiger partial charge < -0.3 is 10.3 Å². The van der Waals surface area contributed by atoms with Gasteiger partial charge in [-0.2, -0.15) is 0 Å². The number of aryl methyl sites for hydroxylation is 1. The molecule has 2 N–H and O–H groups in total. The Morgan fingerprint density at radius 3 is 2.63 bits per heavy atom. The number of nitrogen functional groups attached to an aromatic ring is 1. The summed E-state index contributed by atoms with van der Waals surface area (Å²) in [6.07, 6.45) is 0. The second kappa shape index (κ2) is 4.59. The van der Waals surface area contributed by atoms with Crippen molar-refractivity contribution in [2.24, 2.45) is 0 Å². The lowest BCUT2D eigenvalue weighted by atomic mass is 10.2. The zero-order chi connectivity index (χ0) is 13.4. The van der Waals surface area contributed by atoms with Crippen molar-refractivity contribution in [3.05, 3.63) is 58.9 Å². The zero-order valence-corrected chi connectivity index (χ0v) is 11.4. The van der Waals surface area contributed by atoms with Crippen molar-refractivity contribution in [2.75, 3.05) is 5.73 Å². The van der Waals surface area contributed by atoms with Gasteiger partial charge in [-0.1, -0.05) is 29.8 Å². The highest BCUT2D eigenvalue weighted by molar-refractivity contribution is 6.30. The Hall–Kier alpha value is -2.00. The third-order valence-electron chi connectivity index (χ3n) is 3.25. The van der Waals surface area contributed by atoms with Crippen molar-refractivity contribution in [3.8, 4) is 0 Å². The van der Waals surface area contributed by atoms with Crippen molar-refractivity contribution in [1.82, 2.24) is 9.55 Å². The smallest absolute Gasteiger partial charge is 0.112 e. The number of hydrogen-bond donors (Lipinski definition) is 1. The number of imidazole rings is 1. The SMILES string of the molecule is Cc1nc2c(N)cccc2n1Cc1ccc(Cl)cc1. The van der Waals surface area contributed by atoms with E-state index in [-0.39, 0.29) is 0 Å². The molecule has 0 bridgehead atoms. The number of para-hydroxylation sites is 1. The van der Waals surface area contributed by atoms with Crippen LogP contribution in [-0.2, 0) is 6.54 Å². The first-order valence-electron chi connectivity index (χ1n) is 6.11. The molecule has 96 valence electrons. The molecule has 1 aromatic heterocycles. The fourth-order valence-corrected chi connectivity index (χ4v) is 2.38. The monoisotopic (exact) mass is 271 g/mol. The van der Waals surface area contributed by atoms with Gasteiger partial charge in [-0.15, -0.1) is 0 Å². The highest BCUT2D eigenvalue weighted by atomic mass is 35.5. The molecule has 0 aliphatic heterocycles. The molecule has 0 spiro atoms. The number of fused-ring (bicyclic) bond motifs is 1. The maximum Gasteiger partial charge on any atom is 0.112 e. The number of anilines is 1. The minimum atomic E-state index is 0.718. The number of halogens is 1. The molecular formula is C15H14ClN3. The molecule has 3 rings (SSSR count). The second-order valence-corrected chi connectivity index (χ2v) is 5.02. The van der Waals surface area contributed by atoms with Gasteiger partial charge >= 0.3 is 0 Å². The first-order valence-corrected chi connectivity index (χ1v) is 6.49. The Morgan fingerprint density at radius 1 is 1.16 bits per heavy atom. The Kier molecular flexibility index (Phi) is 2.91. The van der Waals surface area contributed by atoms with Gasteiger partial charge in [-0.25, -0.2) is 4.98 Å². The molecule has 0 atom stereocenters. The van der Waals surface area contributed by atoms with Crippen LogP contribution in [0.4, 0.5) is 5.69 Å². The summed E-state index contributed by atoms with van der Waals surface area (Å²) in [6, 6.07) is 13.7. The van der Waals surface area contributed by atoms with Gasteiger partial charge in [0, 0.05) is 11.6 Å². The molecule has 0 amide bonds. The summed E-state index contributed by atoms with van der Waals surface area (Å²) in [5, 5.41) is 0.750. The Labute approximate surface area is 116 Å². The molecule has 0 aliphatic carbocycles. The third-order valence-corrected chi connectivity index (χ3v) is 3.51. The minimum absolute atomic E-state index is 0.718. The van der Waals surface area contributed by atoms with Gasteiger partial charge in [-0.05, 0) is 36.8 Å². The minimum Gasteiger partial charge on any atom is -0.397 e. The number of aromatic nitrogens is 2. The van der Waals surface area contributed by atoms with Crippen LogP contribution in [-0.4, -0.2) is 9.55 Å². The summed E-state index contributed by atoms with van der Waals surface area (Å²) in [6.45, 7) is 2.76. The summed E-state index contributed by atoms with van der Waals surface area (Å²) in [4.78, 5) is 4.54. The molecule has 4 heteroatoms. The van der Waals surface area contributed by atoms with E-state index in [0.29, 0.717) is 0 Å². The lowest BCUT2D eigenvalue weighted by Crippen LogP contribution is -2.01. The molecule has 19 heavy (non-hydrogen) atoms. The number of benzene rings is 2. The van der Waals surface area contributed by atoms with E-state index in [1.54, 1.807) is 0 Å². The topological polar surface area (TPSA) is 43.8 Å². The first kappa shape index (κ1) is 12.1. The van der Waals surface area contributed by atoms with Gasteiger partial charge in [0.25, 0.3) is 0 Å². The van der Waals surface area contributed by atoms with E-state index in [2.05, 4.69) is 9.55 Å². The molecule has 0 radical (unpaired) electrons. The van der Waals surface area contributed by atoms with Crippen molar-refractivity contribution in [2.45, 2.75) is 13.5 Å². The normalized spacial score (nSPS) is 11.1. The summed E-state index contributed by atoms with van der Waals surface area (Å²) in [5.41, 5.74) is 9.80. The van der Waals surface area contributed by atoms with E-state index in [0.717, 1.165) is 34.1 Å². The number of rotatable bonds is 2. The molecule has 3 nitrogen and oxygen atoms in total. The Balaban J connectivity index is 2.07. The molecule has 1 heterocycles. The van der Waals surface area contributed by atoms with Crippen molar-refractivity contribution >= 4 is 28.3 Å². The summed E-state index contributed by atoms with van der Waals surface area (Å²) in [7, 11) is 0. The van der Waals surface area contributed by atoms with Gasteiger partial charge in [-0.3, -0.25) is 0 Å². The zero-order valence-electron chi connectivity index (χ0n) is 10.6. The lowest BCUT2D eigenvalue weighted by molar-refractivity contribution is 0.786. The van der Waals surface area contributed by atoms with E-state index in [1.807, 2.05) is 49.4 Å². The van der Waals surface area contributed by atoms with Crippen LogP contribution in [0.1, 0.15) is 11.4 Å². The highest BCUT2D eigenvalue weighted by Crippen LogP contribution is 2.22. The first-order chi connectivity index (χ1) is 9.15. The molecule has 0 saturated heterocycles. The van der Waals surface area contributed by atoms with Crippen molar-refractivity contribution in [3.63, 3.8) is 0 Å². The molecule has 3 aromatic rings. The fourth-order valence-electron chi connectivity index (χ4n) is 2.26.